The van der Waals surface area contributed by atoms with Gasteiger partial charge in [-0.2, -0.15) is 0 Å². The lowest BCUT2D eigenvalue weighted by molar-refractivity contribution is -0.295. The van der Waals surface area contributed by atoms with E-state index >= 15 is 0 Å². The van der Waals surface area contributed by atoms with Gasteiger partial charge in [0.1, 0.15) is 23.9 Å². The number of nitrogens with one attached hydrogen (secondary N) is 1. The quantitative estimate of drug-likeness (QED) is 0.138. The molecule has 1 amide bonds. The largest absolute Gasteiger partial charge is 0.458 e. The van der Waals surface area contributed by atoms with Gasteiger partial charge in [0, 0.05) is 43.2 Å². The first-order chi connectivity index (χ1) is 26.4. The summed E-state index contributed by atoms with van der Waals surface area (Å²) in [7, 11) is 5.24. The lowest BCUT2D eigenvalue weighted by Crippen LogP contribution is -2.60. The number of nitrogens with zero attached hydrogens (tertiary/aromatic N) is 3. The molecule has 3 aliphatic rings. The average molecular weight is 803 g/mol. The van der Waals surface area contributed by atoms with Gasteiger partial charge in [-0.15, -0.1) is 0 Å². The third-order valence-electron chi connectivity index (χ3n) is 12.3. The lowest BCUT2D eigenvalue weighted by atomic mass is 9.73. The molecule has 14 nitrogen and oxygen atoms in total. The highest BCUT2D eigenvalue weighted by Crippen LogP contribution is 2.43. The highest BCUT2D eigenvalue weighted by Gasteiger charge is 2.60. The second-order valence-corrected chi connectivity index (χ2v) is 17.7. The van der Waals surface area contributed by atoms with Crippen molar-refractivity contribution in [3.63, 3.8) is 0 Å². The summed E-state index contributed by atoms with van der Waals surface area (Å²) in [6.07, 6.45) is -3.47. The Morgan fingerprint density at radius 1 is 1.05 bits per heavy atom. The first-order valence-electron chi connectivity index (χ1n) is 19.9. The van der Waals surface area contributed by atoms with Gasteiger partial charge in [0.15, 0.2) is 22.8 Å². The molecular weight excluding hydrogens is 741 g/mol. The Morgan fingerprint density at radius 2 is 1.75 bits per heavy atom. The molecule has 0 saturated carbocycles. The molecule has 56 heavy (non-hydrogen) atoms. The predicted octanol–water partition coefficient (Wildman–Crippen LogP) is 5.25. The number of para-hydroxylation sites is 2. The van der Waals surface area contributed by atoms with Crippen LogP contribution in [0.5, 0.6) is 0 Å². The molecule has 0 aliphatic carbocycles. The molecule has 1 aromatic heterocycles. The molecular formula is C41H62N4O10S. The number of thioether (sulfide) groups is 1. The molecule has 1 aromatic carbocycles. The van der Waals surface area contributed by atoms with E-state index in [-0.39, 0.29) is 37.3 Å². The topological polar surface area (TPSA) is 170 Å². The Kier molecular flexibility index (Phi) is 14.0. The number of ether oxygens (including phenoxy) is 5. The van der Waals surface area contributed by atoms with Gasteiger partial charge < -0.3 is 43.6 Å². The van der Waals surface area contributed by atoms with Crippen molar-refractivity contribution in [3.8, 4) is 0 Å². The van der Waals surface area contributed by atoms with E-state index in [0.29, 0.717) is 18.6 Å². The molecule has 2 N–H and O–H groups in total. The van der Waals surface area contributed by atoms with Crippen LogP contribution in [0.15, 0.2) is 29.4 Å². The number of ketones is 2. The van der Waals surface area contributed by atoms with E-state index in [1.807, 2.05) is 64.0 Å². The number of fused-ring (bicyclic) bond motifs is 2. The molecule has 3 aliphatic heterocycles. The number of Topliss-reactive ketones (excluding diaryl/α,β-unsaturated/α-hetero) is 2. The number of aromatic nitrogens is 2. The zero-order valence-corrected chi connectivity index (χ0v) is 35.6. The van der Waals surface area contributed by atoms with Crippen LogP contribution in [0.25, 0.3) is 11.0 Å². The smallest absolute Gasteiger partial charge is 0.410 e. The number of aliphatic hydroxyl groups is 1. The fourth-order valence-electron chi connectivity index (χ4n) is 9.11. The number of cyclic esters (lactones) is 1. The monoisotopic (exact) mass is 802 g/mol. The van der Waals surface area contributed by atoms with Crippen molar-refractivity contribution in [2.24, 2.45) is 23.7 Å². The van der Waals surface area contributed by atoms with E-state index in [0.717, 1.165) is 16.2 Å². The van der Waals surface area contributed by atoms with Crippen LogP contribution in [0.1, 0.15) is 81.1 Å². The maximum Gasteiger partial charge on any atom is 0.410 e. The molecule has 3 fully saturated rings. The Hall–Kier alpha value is -3.08. The number of amides is 1. The number of hydrogen-bond donors (Lipinski definition) is 2. The van der Waals surface area contributed by atoms with Crippen LogP contribution in [-0.2, 0) is 38.1 Å². The number of carbonyl (C=O) groups excluding carboxylic acids is 4. The van der Waals surface area contributed by atoms with E-state index in [4.69, 9.17) is 23.7 Å². The van der Waals surface area contributed by atoms with Gasteiger partial charge in [-0.3, -0.25) is 14.4 Å². The number of benzene rings is 1. The summed E-state index contributed by atoms with van der Waals surface area (Å²) in [6.45, 7) is 14.3. The number of imidazole rings is 1. The molecule has 4 heterocycles. The molecule has 0 bridgehead atoms. The third kappa shape index (κ3) is 8.82. The van der Waals surface area contributed by atoms with E-state index < -0.39 is 83.4 Å². The first-order valence-corrected chi connectivity index (χ1v) is 20.9. The second-order valence-electron chi connectivity index (χ2n) is 16.6. The second kappa shape index (κ2) is 17.8. The van der Waals surface area contributed by atoms with Crippen molar-refractivity contribution in [1.82, 2.24) is 19.8 Å². The molecule has 15 heteroatoms. The van der Waals surface area contributed by atoms with Crippen LogP contribution in [0.2, 0.25) is 0 Å². The number of rotatable bonds is 10. The zero-order chi connectivity index (χ0) is 41.3. The molecule has 3 saturated heterocycles. The Bertz CT molecular complexity index is 1690. The number of carbonyl (C=O) groups is 4. The minimum absolute atomic E-state index is 0.132. The van der Waals surface area contributed by atoms with E-state index in [1.54, 1.807) is 32.6 Å². The molecule has 5 rings (SSSR count). The van der Waals surface area contributed by atoms with Crippen molar-refractivity contribution in [1.29, 1.82) is 0 Å². The number of H-pyrrole nitrogens is 1. The number of aromatic amines is 1. The fraction of sp³-hybridized carbons (Fsp3) is 0.732. The summed E-state index contributed by atoms with van der Waals surface area (Å²) >= 11 is 1.54. The summed E-state index contributed by atoms with van der Waals surface area (Å²) in [5, 5.41) is 12.2. The number of likely N-dealkylation sites (N-methyl/N-ethyl adjacent to an activating group) is 1. The van der Waals surface area contributed by atoms with Gasteiger partial charge in [0.05, 0.1) is 34.9 Å². The van der Waals surface area contributed by atoms with Gasteiger partial charge in [0.25, 0.3) is 0 Å². The van der Waals surface area contributed by atoms with Crippen LogP contribution in [0.3, 0.4) is 0 Å². The standard InChI is InChI=1S/C41H62N4O10S/c1-12-30-41(8)34(45(39(50)55-41)18-15-19-56-38-42-27-16-13-14-17-28(27)43-38)24(4)31(46)22(2)21-40(7,51-11)35(25(5)32(47)26(6)36(49)53-30)54-37-33(48)29(44(9)10)20-23(3)52-37/h13-14,16-17,22-26,29-30,33-35,37,48H,12,15,18-21H2,1-11H3,(H,42,43)/t22-,23-,24+,25+,26-,29+,30-,33-,34-,35-,37+,40-,41-/m1/s1. The maximum absolute atomic E-state index is 14.7. The summed E-state index contributed by atoms with van der Waals surface area (Å²) < 4.78 is 31.2. The molecule has 312 valence electrons. The van der Waals surface area contributed by atoms with Gasteiger partial charge in [0.2, 0.25) is 0 Å². The molecule has 0 unspecified atom stereocenters. The van der Waals surface area contributed by atoms with Crippen LogP contribution >= 0.6 is 11.8 Å². The molecule has 0 radical (unpaired) electrons. The third-order valence-corrected chi connectivity index (χ3v) is 13.3. The number of methoxy groups -OCH3 is 1. The highest BCUT2D eigenvalue weighted by molar-refractivity contribution is 7.99. The number of esters is 1. The van der Waals surface area contributed by atoms with Crippen molar-refractivity contribution in [3.05, 3.63) is 24.3 Å². The SMILES string of the molecule is CC[C@H]1OC(=O)[C@H](C)C(=O)[C@H](C)[C@@H](O[C@@H]2O[C@H](C)C[C@H](N(C)C)[C@H]2O)[C@](C)(OC)C[C@@H](C)C(=O)[C@H](C)[C@H]2N(CCCSc3nc4ccccc4[nH]3)C(=O)O[C@]12C. The van der Waals surface area contributed by atoms with Crippen LogP contribution < -0.4 is 0 Å². The summed E-state index contributed by atoms with van der Waals surface area (Å²) in [6, 6.07) is 6.72. The van der Waals surface area contributed by atoms with Crippen molar-refractivity contribution in [2.45, 2.75) is 140 Å². The summed E-state index contributed by atoms with van der Waals surface area (Å²) in [5.74, 6) is -4.30. The highest BCUT2D eigenvalue weighted by atomic mass is 32.2. The van der Waals surface area contributed by atoms with Crippen LogP contribution in [-0.4, -0.2) is 136 Å². The number of aliphatic hydroxyl groups excluding tert-OH is 1. The predicted molar refractivity (Wildman–Crippen MR) is 211 cm³/mol. The van der Waals surface area contributed by atoms with E-state index in [9.17, 15) is 24.3 Å². The molecule has 0 spiro atoms. The van der Waals surface area contributed by atoms with Crippen molar-refractivity contribution >= 4 is 46.4 Å². The van der Waals surface area contributed by atoms with Crippen molar-refractivity contribution in [2.75, 3.05) is 33.5 Å². The lowest BCUT2D eigenvalue weighted by Gasteiger charge is -2.47. The minimum atomic E-state index is -1.40. The maximum atomic E-state index is 14.7. The Balaban J connectivity index is 1.46. The number of hydrogen-bond acceptors (Lipinski definition) is 13. The van der Waals surface area contributed by atoms with Gasteiger partial charge >= 0.3 is 12.1 Å². The average Bonchev–Trinajstić information content (AvgIpc) is 3.70. The normalized spacial score (nSPS) is 37.7. The minimum Gasteiger partial charge on any atom is -0.458 e. The molecule has 2 aromatic rings. The summed E-state index contributed by atoms with van der Waals surface area (Å²) in [5.41, 5.74) is -0.851. The van der Waals surface area contributed by atoms with Gasteiger partial charge in [-0.1, -0.05) is 51.6 Å². The zero-order valence-electron chi connectivity index (χ0n) is 34.8. The van der Waals surface area contributed by atoms with Crippen molar-refractivity contribution < 1.29 is 48.0 Å². The van der Waals surface area contributed by atoms with Crippen LogP contribution in [0, 0.1) is 23.7 Å². The Morgan fingerprint density at radius 3 is 2.39 bits per heavy atom. The fourth-order valence-corrected chi connectivity index (χ4v) is 9.92. The van der Waals surface area contributed by atoms with Gasteiger partial charge in [-0.05, 0) is 79.6 Å². The van der Waals surface area contributed by atoms with E-state index in [1.165, 1.54) is 25.8 Å². The summed E-state index contributed by atoms with van der Waals surface area (Å²) in [4.78, 5) is 68.2. The van der Waals surface area contributed by atoms with Gasteiger partial charge in [-0.25, -0.2) is 9.78 Å². The van der Waals surface area contributed by atoms with Crippen LogP contribution in [0.4, 0.5) is 4.79 Å². The first kappa shape index (κ1) is 44.0. The Labute approximate surface area is 335 Å². The molecule has 13 atom stereocenters. The van der Waals surface area contributed by atoms with E-state index in [2.05, 4.69) is 9.97 Å².